The van der Waals surface area contributed by atoms with Crippen LogP contribution in [0, 0.1) is 5.92 Å². The fraction of sp³-hybridized carbons (Fsp3) is 1.00. The second-order valence-corrected chi connectivity index (χ2v) is 20.1. The van der Waals surface area contributed by atoms with Crippen LogP contribution in [0.1, 0.15) is 13.8 Å². The molecule has 4 N–H and O–H groups in total. The quantitative estimate of drug-likeness (QED) is 0.468. The van der Waals surface area contributed by atoms with E-state index < -0.39 is 0 Å². The van der Waals surface area contributed by atoms with Crippen molar-refractivity contribution in [3.8, 4) is 0 Å². The predicted octanol–water partition coefficient (Wildman–Crippen LogP) is 1.44. The van der Waals surface area contributed by atoms with Crippen LogP contribution >= 0.6 is 38.7 Å². The third kappa shape index (κ3) is 6.47. The molecule has 1 fully saturated rings. The van der Waals surface area contributed by atoms with Crippen molar-refractivity contribution in [1.82, 2.24) is 0 Å². The molecule has 1 saturated heterocycles. The molecule has 0 aromatic carbocycles. The van der Waals surface area contributed by atoms with Crippen molar-refractivity contribution in [3.05, 3.63) is 0 Å². The molecule has 1 heterocycles. The number of nitrogens with two attached hydrogens (primary N) is 2. The van der Waals surface area contributed by atoms with Crippen LogP contribution in [-0.4, -0.2) is 31.6 Å². The standard InChI is InChI=1S/C8H18N2O2.2HI.Pt/c1-5(2)8-11-6(3-9)7(4-10)12-8;;;/h5-8H,3-4,9-10H2,1-2H3;2*1H;/q;;;+2/p-2/t6-,7-;;;/m1.../s1. The second kappa shape index (κ2) is 9.96. The number of ether oxygens (including phenoxy) is 2. The van der Waals surface area contributed by atoms with Crippen molar-refractivity contribution >= 4 is 38.7 Å². The van der Waals surface area contributed by atoms with E-state index in [1.165, 1.54) is 0 Å². The van der Waals surface area contributed by atoms with Crippen LogP contribution in [0.5, 0.6) is 0 Å². The first kappa shape index (κ1) is 17.0. The van der Waals surface area contributed by atoms with Gasteiger partial charge in [0.25, 0.3) is 0 Å². The third-order valence-electron chi connectivity index (χ3n) is 2.04. The molecule has 1 rings (SSSR count). The molecule has 2 atom stereocenters. The molecule has 15 heavy (non-hydrogen) atoms. The summed E-state index contributed by atoms with van der Waals surface area (Å²) in [5, 5.41) is 0. The van der Waals surface area contributed by atoms with E-state index in [4.69, 9.17) is 20.9 Å². The Bertz CT molecular complexity index is 154. The zero-order valence-electron chi connectivity index (χ0n) is 8.77. The van der Waals surface area contributed by atoms with Gasteiger partial charge in [-0.2, -0.15) is 0 Å². The van der Waals surface area contributed by atoms with E-state index in [1.807, 2.05) is 0 Å². The average Bonchev–Trinajstić information content (AvgIpc) is 2.61. The van der Waals surface area contributed by atoms with Gasteiger partial charge in [-0.15, -0.1) is 0 Å². The fourth-order valence-corrected chi connectivity index (χ4v) is 1.28. The molecule has 0 amide bonds. The van der Waals surface area contributed by atoms with Gasteiger partial charge in [0, 0.05) is 19.0 Å². The summed E-state index contributed by atoms with van der Waals surface area (Å²) in [4.78, 5) is 0. The molecule has 1 aliphatic rings. The van der Waals surface area contributed by atoms with Crippen molar-refractivity contribution in [3.63, 3.8) is 0 Å². The van der Waals surface area contributed by atoms with Gasteiger partial charge in [-0.05, 0) is 0 Å². The number of hydrogen-bond donors (Lipinski definition) is 2. The van der Waals surface area contributed by atoms with E-state index in [1.54, 1.807) is 0 Å². The van der Waals surface area contributed by atoms with E-state index in [-0.39, 0.29) is 18.5 Å². The van der Waals surface area contributed by atoms with Gasteiger partial charge in [0.2, 0.25) is 0 Å². The van der Waals surface area contributed by atoms with Crippen molar-refractivity contribution < 1.29 is 20.7 Å². The van der Waals surface area contributed by atoms with Gasteiger partial charge in [-0.3, -0.25) is 0 Å². The van der Waals surface area contributed by atoms with E-state index in [0.717, 1.165) is 0 Å². The zero-order chi connectivity index (χ0) is 11.8. The average molecular weight is 623 g/mol. The number of rotatable bonds is 3. The predicted molar refractivity (Wildman–Crippen MR) is 74.5 cm³/mol. The van der Waals surface area contributed by atoms with Gasteiger partial charge >= 0.3 is 49.9 Å². The number of halogens is 2. The second-order valence-electron chi connectivity index (χ2n) is 3.48. The van der Waals surface area contributed by atoms with Crippen LogP contribution in [0.4, 0.5) is 0 Å². The fourth-order valence-electron chi connectivity index (χ4n) is 1.28. The normalized spacial score (nSPS) is 26.9. The van der Waals surface area contributed by atoms with Crippen LogP contribution in [-0.2, 0) is 20.7 Å². The van der Waals surface area contributed by atoms with Gasteiger partial charge in [-0.1, -0.05) is 13.8 Å². The van der Waals surface area contributed by atoms with Crippen LogP contribution < -0.4 is 11.5 Å². The molecule has 0 aliphatic carbocycles. The molecule has 0 unspecified atom stereocenters. The molecular formula is C8H18I2N2O2Pt. The van der Waals surface area contributed by atoms with Crippen LogP contribution in [0.2, 0.25) is 0 Å². The van der Waals surface area contributed by atoms with E-state index in [2.05, 4.69) is 52.6 Å². The third-order valence-corrected chi connectivity index (χ3v) is 2.04. The number of hydrogen-bond acceptors (Lipinski definition) is 4. The van der Waals surface area contributed by atoms with E-state index in [9.17, 15) is 0 Å². The van der Waals surface area contributed by atoms with Gasteiger partial charge in [0.05, 0.1) is 0 Å². The van der Waals surface area contributed by atoms with Crippen molar-refractivity contribution in [2.75, 3.05) is 13.1 Å². The molecule has 96 valence electrons. The Balaban J connectivity index is 0.000000583. The van der Waals surface area contributed by atoms with Crippen molar-refractivity contribution in [2.24, 2.45) is 17.4 Å². The van der Waals surface area contributed by atoms with Gasteiger partial charge in [0.15, 0.2) is 6.29 Å². The molecular weight excluding hydrogens is 605 g/mol. The molecule has 0 aromatic heterocycles. The summed E-state index contributed by atoms with van der Waals surface area (Å²) in [6.45, 7) is 5.06. The monoisotopic (exact) mass is 623 g/mol. The summed E-state index contributed by atoms with van der Waals surface area (Å²) < 4.78 is 11.1. The molecule has 4 nitrogen and oxygen atoms in total. The van der Waals surface area contributed by atoms with E-state index >= 15 is 0 Å². The molecule has 0 aromatic rings. The molecule has 0 saturated carbocycles. The summed E-state index contributed by atoms with van der Waals surface area (Å²) in [6.07, 6.45) is -0.183. The summed E-state index contributed by atoms with van der Waals surface area (Å²) >= 11 is 5.30. The summed E-state index contributed by atoms with van der Waals surface area (Å²) in [5.41, 5.74) is 11.0. The van der Waals surface area contributed by atoms with Crippen molar-refractivity contribution in [2.45, 2.75) is 32.3 Å². The van der Waals surface area contributed by atoms with Crippen molar-refractivity contribution in [1.29, 1.82) is 0 Å². The molecule has 0 spiro atoms. The Labute approximate surface area is 121 Å². The molecule has 0 radical (unpaired) electrons. The van der Waals surface area contributed by atoms with Crippen LogP contribution in [0.25, 0.3) is 0 Å². The Morgan fingerprint density at radius 2 is 1.47 bits per heavy atom. The Morgan fingerprint density at radius 1 is 1.13 bits per heavy atom. The first-order valence-corrected chi connectivity index (χ1v) is 17.5. The maximum absolute atomic E-state index is 5.55. The minimum atomic E-state index is -0.132. The first-order valence-electron chi connectivity index (χ1n) is 4.64. The van der Waals surface area contributed by atoms with Gasteiger partial charge in [-0.25, -0.2) is 0 Å². The summed E-state index contributed by atoms with van der Waals surface area (Å²) in [5.74, 6) is 0.357. The summed E-state index contributed by atoms with van der Waals surface area (Å²) in [7, 11) is 0. The Morgan fingerprint density at radius 3 is 1.67 bits per heavy atom. The summed E-state index contributed by atoms with van der Waals surface area (Å²) in [6, 6.07) is 0. The van der Waals surface area contributed by atoms with Gasteiger partial charge < -0.3 is 20.9 Å². The molecule has 7 heteroatoms. The maximum atomic E-state index is 5.55. The SMILES string of the molecule is CC(C)C1O[C@H](CN)[C@@H](CN)O1.[I][Pt][I]. The topological polar surface area (TPSA) is 70.5 Å². The molecule has 0 bridgehead atoms. The van der Waals surface area contributed by atoms with E-state index in [0.29, 0.717) is 30.2 Å². The van der Waals surface area contributed by atoms with Crippen LogP contribution in [0.15, 0.2) is 0 Å². The Kier molecular flexibility index (Phi) is 11.3. The minimum absolute atomic E-state index is 0.0256. The first-order chi connectivity index (χ1) is 7.10. The molecule has 1 aliphatic heterocycles. The van der Waals surface area contributed by atoms with Gasteiger partial charge in [0.1, 0.15) is 12.2 Å². The Hall–Kier alpha value is 1.99. The van der Waals surface area contributed by atoms with Crippen LogP contribution in [0.3, 0.4) is 0 Å². The zero-order valence-corrected chi connectivity index (χ0v) is 15.4.